The van der Waals surface area contributed by atoms with Crippen molar-refractivity contribution in [3.05, 3.63) is 0 Å². The fourth-order valence-corrected chi connectivity index (χ4v) is 1.46. The molecule has 1 N–H and O–H groups in total. The molecule has 0 aliphatic carbocycles. The number of ether oxygens (including phenoxy) is 1. The van der Waals surface area contributed by atoms with Gasteiger partial charge in [0, 0.05) is 17.5 Å². The Morgan fingerprint density at radius 3 is 2.06 bits per heavy atom. The lowest BCUT2D eigenvalue weighted by Crippen LogP contribution is -2.44. The maximum atomic E-state index is 5.90. The summed E-state index contributed by atoms with van der Waals surface area (Å²) in [5, 5.41) is 3.51. The fraction of sp³-hybridized carbons (Fsp3) is 1.00. The van der Waals surface area contributed by atoms with Crippen LogP contribution in [-0.2, 0) is 4.74 Å². The molecule has 0 unspecified atom stereocenters. The molecule has 0 aromatic carbocycles. The normalized spacial score (nSPS) is 13.7. The van der Waals surface area contributed by atoms with E-state index in [4.69, 9.17) is 4.74 Å². The summed E-state index contributed by atoms with van der Waals surface area (Å²) in [6, 6.07) is 0. The highest BCUT2D eigenvalue weighted by molar-refractivity contribution is 4.78. The van der Waals surface area contributed by atoms with Gasteiger partial charge in [-0.2, -0.15) is 0 Å². The van der Waals surface area contributed by atoms with Crippen LogP contribution in [0.15, 0.2) is 0 Å². The van der Waals surface area contributed by atoms with Crippen molar-refractivity contribution in [2.45, 2.75) is 47.1 Å². The highest BCUT2D eigenvalue weighted by atomic mass is 16.5. The van der Waals surface area contributed by atoms with Crippen molar-refractivity contribution in [3.8, 4) is 0 Å². The lowest BCUT2D eigenvalue weighted by molar-refractivity contribution is 0.000415. The van der Waals surface area contributed by atoms with Gasteiger partial charge < -0.3 is 15.0 Å². The lowest BCUT2D eigenvalue weighted by atomic mass is 9.94. The minimum atomic E-state index is 0.0987. The largest absolute Gasteiger partial charge is 0.379 e. The molecule has 110 valence electrons. The van der Waals surface area contributed by atoms with E-state index in [1.54, 1.807) is 0 Å². The molecule has 0 saturated carbocycles. The van der Waals surface area contributed by atoms with Crippen LogP contribution in [0.1, 0.15) is 41.5 Å². The molecule has 0 fully saturated rings. The first-order valence-corrected chi connectivity index (χ1v) is 7.03. The summed E-state index contributed by atoms with van der Waals surface area (Å²) in [4.78, 5) is 2.21. The maximum absolute atomic E-state index is 5.90. The smallest absolute Gasteiger partial charge is 0.0645 e. The zero-order chi connectivity index (χ0) is 14.4. The van der Waals surface area contributed by atoms with Gasteiger partial charge in [-0.3, -0.25) is 0 Å². The van der Waals surface area contributed by atoms with Crippen molar-refractivity contribution in [3.63, 3.8) is 0 Å². The Balaban J connectivity index is 3.89. The molecular weight excluding hydrogens is 224 g/mol. The number of hydrogen-bond acceptors (Lipinski definition) is 3. The Bertz CT molecular complexity index is 223. The molecule has 0 spiro atoms. The quantitative estimate of drug-likeness (QED) is 0.688. The standard InChI is InChI=1S/C15H34N2O/c1-13(2)9-16-10-14(3,4)11-18-12-15(5,6)17(7)8/h13,16H,9-12H2,1-8H3. The van der Waals surface area contributed by atoms with Crippen LogP contribution >= 0.6 is 0 Å². The number of nitrogens with zero attached hydrogens (tertiary/aromatic N) is 1. The highest BCUT2D eigenvalue weighted by Gasteiger charge is 2.23. The average Bonchev–Trinajstić information content (AvgIpc) is 2.15. The van der Waals surface area contributed by atoms with Crippen molar-refractivity contribution in [2.24, 2.45) is 11.3 Å². The molecule has 0 rings (SSSR count). The van der Waals surface area contributed by atoms with Gasteiger partial charge in [0.05, 0.1) is 13.2 Å². The Kier molecular flexibility index (Phi) is 7.41. The second-order valence-corrected chi connectivity index (χ2v) is 7.39. The van der Waals surface area contributed by atoms with Crippen LogP contribution in [0.3, 0.4) is 0 Å². The summed E-state index contributed by atoms with van der Waals surface area (Å²) in [7, 11) is 4.19. The third kappa shape index (κ3) is 8.06. The van der Waals surface area contributed by atoms with Gasteiger partial charge in [-0.25, -0.2) is 0 Å². The lowest BCUT2D eigenvalue weighted by Gasteiger charge is -2.34. The van der Waals surface area contributed by atoms with Crippen LogP contribution in [0.2, 0.25) is 0 Å². The molecule has 0 aromatic heterocycles. The Hall–Kier alpha value is -0.120. The van der Waals surface area contributed by atoms with E-state index in [0.29, 0.717) is 5.92 Å². The number of hydrogen-bond donors (Lipinski definition) is 1. The molecule has 0 aliphatic rings. The van der Waals surface area contributed by atoms with Gasteiger partial charge in [0.1, 0.15) is 0 Å². The third-order valence-electron chi connectivity index (χ3n) is 3.31. The fourth-order valence-electron chi connectivity index (χ4n) is 1.46. The van der Waals surface area contributed by atoms with Crippen molar-refractivity contribution < 1.29 is 4.74 Å². The first-order valence-electron chi connectivity index (χ1n) is 7.03. The van der Waals surface area contributed by atoms with Gasteiger partial charge in [-0.05, 0) is 40.4 Å². The van der Waals surface area contributed by atoms with Crippen molar-refractivity contribution in [1.82, 2.24) is 10.2 Å². The molecule has 18 heavy (non-hydrogen) atoms. The SMILES string of the molecule is CC(C)CNCC(C)(C)COCC(C)(C)N(C)C. The average molecular weight is 258 g/mol. The van der Waals surface area contributed by atoms with Crippen LogP contribution in [0.4, 0.5) is 0 Å². The van der Waals surface area contributed by atoms with Crippen LogP contribution < -0.4 is 5.32 Å². The monoisotopic (exact) mass is 258 g/mol. The van der Waals surface area contributed by atoms with Crippen LogP contribution in [-0.4, -0.2) is 50.8 Å². The summed E-state index contributed by atoms with van der Waals surface area (Å²) >= 11 is 0. The summed E-state index contributed by atoms with van der Waals surface area (Å²) in [6.07, 6.45) is 0. The topological polar surface area (TPSA) is 24.5 Å². The summed E-state index contributed by atoms with van der Waals surface area (Å²) in [5.41, 5.74) is 0.290. The van der Waals surface area contributed by atoms with Crippen LogP contribution in [0, 0.1) is 11.3 Å². The van der Waals surface area contributed by atoms with Gasteiger partial charge in [-0.15, -0.1) is 0 Å². The maximum Gasteiger partial charge on any atom is 0.0645 e. The molecule has 0 saturated heterocycles. The Morgan fingerprint density at radius 2 is 1.61 bits per heavy atom. The van der Waals surface area contributed by atoms with Gasteiger partial charge in [0.15, 0.2) is 0 Å². The third-order valence-corrected chi connectivity index (χ3v) is 3.31. The van der Waals surface area contributed by atoms with Crippen molar-refractivity contribution >= 4 is 0 Å². The van der Waals surface area contributed by atoms with Gasteiger partial charge in [-0.1, -0.05) is 27.7 Å². The van der Waals surface area contributed by atoms with Gasteiger partial charge in [0.2, 0.25) is 0 Å². The minimum Gasteiger partial charge on any atom is -0.379 e. The number of nitrogens with one attached hydrogen (secondary N) is 1. The van der Waals surface area contributed by atoms with E-state index < -0.39 is 0 Å². The second kappa shape index (κ2) is 7.46. The van der Waals surface area contributed by atoms with E-state index in [2.05, 4.69) is 65.9 Å². The molecule has 0 atom stereocenters. The first kappa shape index (κ1) is 17.9. The van der Waals surface area contributed by atoms with E-state index >= 15 is 0 Å². The molecule has 0 radical (unpaired) electrons. The predicted molar refractivity (Wildman–Crippen MR) is 80.1 cm³/mol. The van der Waals surface area contributed by atoms with E-state index in [9.17, 15) is 0 Å². The first-order chi connectivity index (χ1) is 8.07. The Morgan fingerprint density at radius 1 is 1.06 bits per heavy atom. The van der Waals surface area contributed by atoms with E-state index in [-0.39, 0.29) is 11.0 Å². The summed E-state index contributed by atoms with van der Waals surface area (Å²) in [6.45, 7) is 17.0. The summed E-state index contributed by atoms with van der Waals surface area (Å²) in [5.74, 6) is 0.703. The molecule has 0 heterocycles. The van der Waals surface area contributed by atoms with E-state index in [0.717, 1.165) is 26.3 Å². The molecule has 0 amide bonds. The molecular formula is C15H34N2O. The van der Waals surface area contributed by atoms with E-state index in [1.165, 1.54) is 0 Å². The highest BCUT2D eigenvalue weighted by Crippen LogP contribution is 2.17. The van der Waals surface area contributed by atoms with Crippen molar-refractivity contribution in [1.29, 1.82) is 0 Å². The predicted octanol–water partition coefficient (Wildman–Crippen LogP) is 2.62. The number of likely N-dealkylation sites (N-methyl/N-ethyl adjacent to an activating group) is 1. The van der Waals surface area contributed by atoms with Crippen LogP contribution in [0.25, 0.3) is 0 Å². The molecule has 3 heteroatoms. The summed E-state index contributed by atoms with van der Waals surface area (Å²) < 4.78 is 5.90. The second-order valence-electron chi connectivity index (χ2n) is 7.39. The minimum absolute atomic E-state index is 0.0987. The van der Waals surface area contributed by atoms with Crippen molar-refractivity contribution in [2.75, 3.05) is 40.4 Å². The molecule has 0 bridgehead atoms. The molecule has 3 nitrogen and oxygen atoms in total. The van der Waals surface area contributed by atoms with Gasteiger partial charge >= 0.3 is 0 Å². The molecule has 0 aromatic rings. The zero-order valence-electron chi connectivity index (χ0n) is 13.8. The Labute approximate surface area is 114 Å². The molecule has 0 aliphatic heterocycles. The zero-order valence-corrected chi connectivity index (χ0v) is 13.8. The van der Waals surface area contributed by atoms with Gasteiger partial charge in [0.25, 0.3) is 0 Å². The van der Waals surface area contributed by atoms with E-state index in [1.807, 2.05) is 0 Å². The number of rotatable bonds is 9. The van der Waals surface area contributed by atoms with Crippen LogP contribution in [0.5, 0.6) is 0 Å².